The number of aromatic amines is 1. The molecule has 1 aromatic heterocycles. The predicted molar refractivity (Wildman–Crippen MR) is 111 cm³/mol. The number of hydrogen-bond donors (Lipinski definition) is 3. The minimum atomic E-state index is -1.13. The number of imidazole rings is 1. The Bertz CT molecular complexity index is 988. The smallest absolute Gasteiger partial charge is 0.408 e. The highest BCUT2D eigenvalue weighted by Gasteiger charge is 2.24. The number of H-pyrrole nitrogens is 1. The molecule has 158 valence electrons. The molecule has 0 aliphatic rings. The minimum absolute atomic E-state index is 0.123. The number of carbonyl (C=O) groups excluding carboxylic acids is 1. The van der Waals surface area contributed by atoms with Gasteiger partial charge in [0.25, 0.3) is 0 Å². The maximum absolute atomic E-state index is 11.9. The van der Waals surface area contributed by atoms with Crippen molar-refractivity contribution in [1.29, 1.82) is 0 Å². The molecule has 0 fully saturated rings. The quantitative estimate of drug-likeness (QED) is 0.547. The molecular formula is C22H25N3O5. The summed E-state index contributed by atoms with van der Waals surface area (Å²) in [5.41, 5.74) is 1.87. The number of amides is 1. The zero-order valence-corrected chi connectivity index (χ0v) is 17.1. The van der Waals surface area contributed by atoms with Gasteiger partial charge in [-0.05, 0) is 50.6 Å². The van der Waals surface area contributed by atoms with E-state index in [1.807, 2.05) is 24.3 Å². The van der Waals surface area contributed by atoms with Crippen LogP contribution in [0.25, 0.3) is 11.0 Å². The molecule has 0 bridgehead atoms. The van der Waals surface area contributed by atoms with Gasteiger partial charge >= 0.3 is 12.1 Å². The number of alkyl carbamates (subject to hydrolysis) is 1. The first-order valence-corrected chi connectivity index (χ1v) is 9.57. The number of carboxylic acid groups (broad SMARTS) is 1. The summed E-state index contributed by atoms with van der Waals surface area (Å²) in [4.78, 5) is 31.0. The van der Waals surface area contributed by atoms with Gasteiger partial charge in [-0.3, -0.25) is 0 Å². The normalized spacial score (nSPS) is 12.4. The number of ether oxygens (including phenoxy) is 2. The lowest BCUT2D eigenvalue weighted by Gasteiger charge is -2.22. The van der Waals surface area contributed by atoms with E-state index in [1.54, 1.807) is 45.0 Å². The van der Waals surface area contributed by atoms with Crippen LogP contribution in [-0.2, 0) is 22.6 Å². The van der Waals surface area contributed by atoms with Crippen LogP contribution in [0.2, 0.25) is 0 Å². The maximum Gasteiger partial charge on any atom is 0.408 e. The fraction of sp³-hybridized carbons (Fsp3) is 0.318. The van der Waals surface area contributed by atoms with Crippen LogP contribution in [-0.4, -0.2) is 38.8 Å². The second kappa shape index (κ2) is 8.86. The van der Waals surface area contributed by atoms with E-state index in [0.29, 0.717) is 11.6 Å². The number of aromatic nitrogens is 2. The van der Waals surface area contributed by atoms with E-state index in [9.17, 15) is 14.7 Å². The number of nitrogens with one attached hydrogen (secondary N) is 2. The number of rotatable bonds is 7. The Morgan fingerprint density at radius 3 is 2.47 bits per heavy atom. The van der Waals surface area contributed by atoms with E-state index in [1.165, 1.54) is 0 Å². The van der Waals surface area contributed by atoms with E-state index >= 15 is 0 Å². The van der Waals surface area contributed by atoms with Gasteiger partial charge in [0.05, 0.1) is 11.0 Å². The third-order valence-electron chi connectivity index (χ3n) is 4.17. The van der Waals surface area contributed by atoms with Crippen molar-refractivity contribution < 1.29 is 24.2 Å². The Hall–Kier alpha value is -3.55. The van der Waals surface area contributed by atoms with Crippen molar-refractivity contribution in [2.75, 3.05) is 0 Å². The van der Waals surface area contributed by atoms with Gasteiger partial charge in [-0.1, -0.05) is 24.3 Å². The largest absolute Gasteiger partial charge is 0.486 e. The molecule has 8 heteroatoms. The molecular weight excluding hydrogens is 386 g/mol. The Kier molecular flexibility index (Phi) is 6.25. The van der Waals surface area contributed by atoms with Gasteiger partial charge in [0.1, 0.15) is 29.8 Å². The standard InChI is InChI=1S/C22H25N3O5/c1-22(2,3)30-21(28)25-18(20(26)27)12-14-8-10-15(11-9-14)29-13-19-23-16-6-4-5-7-17(16)24-19/h4-11,18H,12-13H2,1-3H3,(H,23,24)(H,25,28)(H,26,27)/t18-/m0/s1. The molecule has 8 nitrogen and oxygen atoms in total. The van der Waals surface area contributed by atoms with Crippen molar-refractivity contribution in [3.63, 3.8) is 0 Å². The summed E-state index contributed by atoms with van der Waals surface area (Å²) in [5, 5.41) is 11.8. The van der Waals surface area contributed by atoms with E-state index in [0.717, 1.165) is 16.6 Å². The number of para-hydroxylation sites is 2. The molecule has 30 heavy (non-hydrogen) atoms. The SMILES string of the molecule is CC(C)(C)OC(=O)N[C@@H](Cc1ccc(OCc2nc3ccccc3[nH]2)cc1)C(=O)O. The summed E-state index contributed by atoms with van der Waals surface area (Å²) in [6.07, 6.45) is -0.640. The van der Waals surface area contributed by atoms with Crippen LogP contribution in [0.4, 0.5) is 4.79 Å². The third-order valence-corrected chi connectivity index (χ3v) is 4.17. The number of carbonyl (C=O) groups is 2. The first kappa shape index (κ1) is 21.2. The van der Waals surface area contributed by atoms with E-state index in [2.05, 4.69) is 15.3 Å². The number of nitrogens with zero attached hydrogens (tertiary/aromatic N) is 1. The molecule has 0 spiro atoms. The second-order valence-electron chi connectivity index (χ2n) is 7.87. The molecule has 0 aliphatic heterocycles. The Morgan fingerprint density at radius 1 is 1.13 bits per heavy atom. The average molecular weight is 411 g/mol. The van der Waals surface area contributed by atoms with Crippen LogP contribution in [0.5, 0.6) is 5.75 Å². The Labute approximate surface area is 174 Å². The number of fused-ring (bicyclic) bond motifs is 1. The van der Waals surface area contributed by atoms with Crippen molar-refractivity contribution in [3.05, 3.63) is 59.9 Å². The number of benzene rings is 2. The van der Waals surface area contributed by atoms with Crippen molar-refractivity contribution in [1.82, 2.24) is 15.3 Å². The van der Waals surface area contributed by atoms with E-state index in [-0.39, 0.29) is 13.0 Å². The van der Waals surface area contributed by atoms with Gasteiger partial charge in [0.15, 0.2) is 0 Å². The molecule has 1 heterocycles. The van der Waals surface area contributed by atoms with Crippen molar-refractivity contribution >= 4 is 23.1 Å². The monoisotopic (exact) mass is 411 g/mol. The summed E-state index contributed by atoms with van der Waals surface area (Å²) in [6.45, 7) is 5.43. The van der Waals surface area contributed by atoms with Gasteiger partial charge in [0.2, 0.25) is 0 Å². The number of hydrogen-bond acceptors (Lipinski definition) is 5. The molecule has 0 saturated heterocycles. The van der Waals surface area contributed by atoms with Gasteiger partial charge in [0, 0.05) is 6.42 Å². The molecule has 3 N–H and O–H groups in total. The zero-order chi connectivity index (χ0) is 21.7. The van der Waals surface area contributed by atoms with Crippen LogP contribution in [0.15, 0.2) is 48.5 Å². The molecule has 3 aromatic rings. The third kappa shape index (κ3) is 5.97. The summed E-state index contributed by atoms with van der Waals surface area (Å²) in [6, 6.07) is 13.7. The van der Waals surface area contributed by atoms with E-state index in [4.69, 9.17) is 9.47 Å². The summed E-state index contributed by atoms with van der Waals surface area (Å²) in [5.74, 6) is 0.213. The van der Waals surface area contributed by atoms with Crippen molar-refractivity contribution in [3.8, 4) is 5.75 Å². The summed E-state index contributed by atoms with van der Waals surface area (Å²) >= 11 is 0. The number of carboxylic acids is 1. The van der Waals surface area contributed by atoms with Crippen molar-refractivity contribution in [2.45, 2.75) is 45.4 Å². The molecule has 0 unspecified atom stereocenters. The number of aliphatic carboxylic acids is 1. The molecule has 1 amide bonds. The summed E-state index contributed by atoms with van der Waals surface area (Å²) in [7, 11) is 0. The summed E-state index contributed by atoms with van der Waals surface area (Å²) < 4.78 is 10.9. The zero-order valence-electron chi connectivity index (χ0n) is 17.1. The predicted octanol–water partition coefficient (Wildman–Crippen LogP) is 3.66. The second-order valence-corrected chi connectivity index (χ2v) is 7.87. The van der Waals surface area contributed by atoms with E-state index < -0.39 is 23.7 Å². The lowest BCUT2D eigenvalue weighted by Crippen LogP contribution is -2.44. The van der Waals surface area contributed by atoms with Crippen LogP contribution >= 0.6 is 0 Å². The molecule has 0 aliphatic carbocycles. The topological polar surface area (TPSA) is 114 Å². The molecule has 0 saturated carbocycles. The lowest BCUT2D eigenvalue weighted by molar-refractivity contribution is -0.139. The fourth-order valence-corrected chi connectivity index (χ4v) is 2.83. The highest BCUT2D eigenvalue weighted by molar-refractivity contribution is 5.80. The van der Waals surface area contributed by atoms with Gasteiger partial charge in [-0.25, -0.2) is 14.6 Å². The first-order chi connectivity index (χ1) is 14.2. The maximum atomic E-state index is 11.9. The lowest BCUT2D eigenvalue weighted by atomic mass is 10.1. The van der Waals surface area contributed by atoms with Crippen LogP contribution in [0.1, 0.15) is 32.2 Å². The Balaban J connectivity index is 1.56. The van der Waals surface area contributed by atoms with Crippen molar-refractivity contribution in [2.24, 2.45) is 0 Å². The van der Waals surface area contributed by atoms with Crippen LogP contribution < -0.4 is 10.1 Å². The highest BCUT2D eigenvalue weighted by Crippen LogP contribution is 2.17. The first-order valence-electron chi connectivity index (χ1n) is 9.57. The van der Waals surface area contributed by atoms with Gasteiger partial charge in [-0.15, -0.1) is 0 Å². The fourth-order valence-electron chi connectivity index (χ4n) is 2.83. The average Bonchev–Trinajstić information content (AvgIpc) is 3.08. The van der Waals surface area contributed by atoms with Crippen LogP contribution in [0.3, 0.4) is 0 Å². The van der Waals surface area contributed by atoms with Gasteiger partial charge < -0.3 is 24.9 Å². The minimum Gasteiger partial charge on any atom is -0.486 e. The van der Waals surface area contributed by atoms with Crippen LogP contribution in [0, 0.1) is 0 Å². The molecule has 2 aromatic carbocycles. The highest BCUT2D eigenvalue weighted by atomic mass is 16.6. The molecule has 0 radical (unpaired) electrons. The Morgan fingerprint density at radius 2 is 1.83 bits per heavy atom. The molecule has 1 atom stereocenters. The molecule has 3 rings (SSSR count). The van der Waals surface area contributed by atoms with Gasteiger partial charge in [-0.2, -0.15) is 0 Å².